The molecule has 0 radical (unpaired) electrons. The van der Waals surface area contributed by atoms with Gasteiger partial charge in [-0.1, -0.05) is 6.92 Å². The second kappa shape index (κ2) is 6.11. The summed E-state index contributed by atoms with van der Waals surface area (Å²) in [5, 5.41) is 13.8. The van der Waals surface area contributed by atoms with Crippen molar-refractivity contribution < 1.29 is 9.72 Å². The Morgan fingerprint density at radius 1 is 1.38 bits per heavy atom. The van der Waals surface area contributed by atoms with Gasteiger partial charge in [0.25, 0.3) is 5.69 Å². The summed E-state index contributed by atoms with van der Waals surface area (Å²) in [6.45, 7) is 7.20. The second-order valence-corrected chi connectivity index (χ2v) is 5.83. The van der Waals surface area contributed by atoms with Gasteiger partial charge in [-0.2, -0.15) is 0 Å². The summed E-state index contributed by atoms with van der Waals surface area (Å²) in [6, 6.07) is 2.91. The number of rotatable bonds is 2. The van der Waals surface area contributed by atoms with E-state index >= 15 is 0 Å². The molecule has 1 aromatic carbocycles. The summed E-state index contributed by atoms with van der Waals surface area (Å²) in [4.78, 5) is 24.7. The van der Waals surface area contributed by atoms with Crippen LogP contribution >= 0.6 is 0 Å². The topological polar surface area (TPSA) is 75.5 Å². The van der Waals surface area contributed by atoms with Crippen LogP contribution in [-0.4, -0.2) is 28.9 Å². The minimum absolute atomic E-state index is 0.0588. The molecule has 2 amide bonds. The summed E-state index contributed by atoms with van der Waals surface area (Å²) >= 11 is 0. The fraction of sp³-hybridized carbons (Fsp3) is 0.533. The van der Waals surface area contributed by atoms with E-state index < -0.39 is 4.92 Å². The number of nitro groups is 1. The molecule has 6 nitrogen and oxygen atoms in total. The van der Waals surface area contributed by atoms with E-state index in [1.807, 2.05) is 13.8 Å². The fourth-order valence-electron chi connectivity index (χ4n) is 2.62. The molecule has 1 unspecified atom stereocenters. The molecule has 1 atom stereocenters. The lowest BCUT2D eigenvalue weighted by atomic mass is 10.0. The number of aryl methyl sites for hydroxylation is 2. The number of benzene rings is 1. The zero-order chi connectivity index (χ0) is 15.6. The normalized spacial score (nSPS) is 18.4. The largest absolute Gasteiger partial charge is 0.324 e. The van der Waals surface area contributed by atoms with Crippen molar-refractivity contribution in [2.45, 2.75) is 33.6 Å². The molecule has 1 N–H and O–H groups in total. The molecule has 0 saturated carbocycles. The first-order valence-corrected chi connectivity index (χ1v) is 7.20. The van der Waals surface area contributed by atoms with Crippen molar-refractivity contribution in [3.8, 4) is 0 Å². The number of urea groups is 1. The van der Waals surface area contributed by atoms with E-state index in [-0.39, 0.29) is 17.4 Å². The highest BCUT2D eigenvalue weighted by Crippen LogP contribution is 2.28. The maximum atomic E-state index is 12.3. The van der Waals surface area contributed by atoms with Gasteiger partial charge in [-0.25, -0.2) is 4.79 Å². The highest BCUT2D eigenvalue weighted by molar-refractivity contribution is 5.92. The minimum atomic E-state index is -0.457. The van der Waals surface area contributed by atoms with E-state index in [9.17, 15) is 14.9 Å². The minimum Gasteiger partial charge on any atom is -0.324 e. The van der Waals surface area contributed by atoms with Crippen molar-refractivity contribution in [3.63, 3.8) is 0 Å². The molecular weight excluding hydrogens is 270 g/mol. The van der Waals surface area contributed by atoms with E-state index in [0.717, 1.165) is 24.0 Å². The SMILES string of the molecule is Cc1cc(NC(=O)N2CCCC(C)C2)c([N+](=O)[O-])cc1C. The summed E-state index contributed by atoms with van der Waals surface area (Å²) in [6.07, 6.45) is 2.09. The van der Waals surface area contributed by atoms with Crippen molar-refractivity contribution in [2.24, 2.45) is 5.92 Å². The Bertz CT molecular complexity index is 572. The molecule has 6 heteroatoms. The number of carbonyl (C=O) groups excluding carboxylic acids is 1. The van der Waals surface area contributed by atoms with E-state index in [0.29, 0.717) is 19.0 Å². The van der Waals surface area contributed by atoms with Gasteiger partial charge >= 0.3 is 6.03 Å². The van der Waals surface area contributed by atoms with Crippen LogP contribution in [0.3, 0.4) is 0 Å². The van der Waals surface area contributed by atoms with Crippen molar-refractivity contribution in [3.05, 3.63) is 33.4 Å². The summed E-state index contributed by atoms with van der Waals surface area (Å²) < 4.78 is 0. The third kappa shape index (κ3) is 3.51. The van der Waals surface area contributed by atoms with Gasteiger partial charge in [-0.15, -0.1) is 0 Å². The van der Waals surface area contributed by atoms with Gasteiger partial charge in [0.05, 0.1) is 4.92 Å². The molecule has 0 bridgehead atoms. The van der Waals surface area contributed by atoms with Crippen LogP contribution in [0.5, 0.6) is 0 Å². The zero-order valence-electron chi connectivity index (χ0n) is 12.7. The fourth-order valence-corrected chi connectivity index (χ4v) is 2.62. The Balaban J connectivity index is 2.20. The first kappa shape index (κ1) is 15.3. The smallest absolute Gasteiger partial charge is 0.322 e. The Kier molecular flexibility index (Phi) is 4.45. The lowest BCUT2D eigenvalue weighted by Gasteiger charge is -2.30. The molecular formula is C15H21N3O3. The van der Waals surface area contributed by atoms with Crippen LogP contribution in [0.1, 0.15) is 30.9 Å². The van der Waals surface area contributed by atoms with Gasteiger partial charge in [0.1, 0.15) is 5.69 Å². The molecule has 0 aromatic heterocycles. The summed E-state index contributed by atoms with van der Waals surface area (Å²) in [7, 11) is 0. The van der Waals surface area contributed by atoms with Crippen LogP contribution in [0.2, 0.25) is 0 Å². The molecule has 21 heavy (non-hydrogen) atoms. The van der Waals surface area contributed by atoms with Crippen molar-refractivity contribution >= 4 is 17.4 Å². The van der Waals surface area contributed by atoms with Gasteiger partial charge in [-0.3, -0.25) is 10.1 Å². The number of amides is 2. The molecule has 114 valence electrons. The molecule has 0 spiro atoms. The Hall–Kier alpha value is -2.11. The lowest BCUT2D eigenvalue weighted by molar-refractivity contribution is -0.384. The van der Waals surface area contributed by atoms with E-state index in [2.05, 4.69) is 12.2 Å². The van der Waals surface area contributed by atoms with Crippen LogP contribution < -0.4 is 5.32 Å². The quantitative estimate of drug-likeness (QED) is 0.669. The summed E-state index contributed by atoms with van der Waals surface area (Å²) in [5.74, 6) is 0.472. The number of hydrogen-bond donors (Lipinski definition) is 1. The first-order valence-electron chi connectivity index (χ1n) is 7.20. The van der Waals surface area contributed by atoms with Crippen LogP contribution in [0.4, 0.5) is 16.2 Å². The predicted octanol–water partition coefficient (Wildman–Crippen LogP) is 3.48. The highest BCUT2D eigenvalue weighted by Gasteiger charge is 2.23. The van der Waals surface area contributed by atoms with Crippen molar-refractivity contribution in [1.82, 2.24) is 4.90 Å². The molecule has 0 aliphatic carbocycles. The maximum Gasteiger partial charge on any atom is 0.322 e. The lowest BCUT2D eigenvalue weighted by Crippen LogP contribution is -2.41. The number of nitrogens with one attached hydrogen (secondary N) is 1. The molecule has 2 rings (SSSR count). The molecule has 1 heterocycles. The van der Waals surface area contributed by atoms with E-state index in [1.165, 1.54) is 6.07 Å². The molecule has 1 saturated heterocycles. The van der Waals surface area contributed by atoms with Crippen molar-refractivity contribution in [1.29, 1.82) is 0 Å². The number of hydrogen-bond acceptors (Lipinski definition) is 3. The standard InChI is InChI=1S/C15H21N3O3/c1-10-5-4-6-17(9-10)15(19)16-13-7-11(2)12(3)8-14(13)18(20)21/h7-8,10H,4-6,9H2,1-3H3,(H,16,19). The average Bonchev–Trinajstić information content (AvgIpc) is 2.42. The van der Waals surface area contributed by atoms with Crippen LogP contribution in [0.25, 0.3) is 0 Å². The Morgan fingerprint density at radius 2 is 2.05 bits per heavy atom. The summed E-state index contributed by atoms with van der Waals surface area (Å²) in [5.41, 5.74) is 1.97. The third-order valence-electron chi connectivity index (χ3n) is 3.99. The number of carbonyl (C=O) groups is 1. The first-order chi connectivity index (χ1) is 9.88. The van der Waals surface area contributed by atoms with Gasteiger partial charge in [0, 0.05) is 19.2 Å². The number of anilines is 1. The van der Waals surface area contributed by atoms with Crippen molar-refractivity contribution in [2.75, 3.05) is 18.4 Å². The average molecular weight is 291 g/mol. The van der Waals surface area contributed by atoms with Gasteiger partial charge < -0.3 is 10.2 Å². The van der Waals surface area contributed by atoms with Crippen LogP contribution in [-0.2, 0) is 0 Å². The van der Waals surface area contributed by atoms with Gasteiger partial charge in [0.2, 0.25) is 0 Å². The monoisotopic (exact) mass is 291 g/mol. The molecule has 1 aromatic rings. The number of nitro benzene ring substituents is 1. The Labute approximate surface area is 124 Å². The number of likely N-dealkylation sites (tertiary alicyclic amines) is 1. The van der Waals surface area contributed by atoms with E-state index in [4.69, 9.17) is 0 Å². The van der Waals surface area contributed by atoms with Crippen LogP contribution in [0, 0.1) is 29.9 Å². The highest BCUT2D eigenvalue weighted by atomic mass is 16.6. The van der Waals surface area contributed by atoms with E-state index in [1.54, 1.807) is 11.0 Å². The molecule has 1 aliphatic heterocycles. The zero-order valence-corrected chi connectivity index (χ0v) is 12.7. The van der Waals surface area contributed by atoms with Gasteiger partial charge in [0.15, 0.2) is 0 Å². The number of nitrogens with zero attached hydrogens (tertiary/aromatic N) is 2. The predicted molar refractivity (Wildman–Crippen MR) is 81.6 cm³/mol. The van der Waals surface area contributed by atoms with Crippen LogP contribution in [0.15, 0.2) is 12.1 Å². The maximum absolute atomic E-state index is 12.3. The third-order valence-corrected chi connectivity index (χ3v) is 3.99. The molecule has 1 fully saturated rings. The molecule has 1 aliphatic rings. The van der Waals surface area contributed by atoms with Gasteiger partial charge in [-0.05, 0) is 49.8 Å². The number of piperidine rings is 1. The Morgan fingerprint density at radius 3 is 2.67 bits per heavy atom. The second-order valence-electron chi connectivity index (χ2n) is 5.83.